The first-order valence-electron chi connectivity index (χ1n) is 6.35. The van der Waals surface area contributed by atoms with Gasteiger partial charge in [-0.1, -0.05) is 13.3 Å². The molecule has 17 heavy (non-hydrogen) atoms. The Hall–Kier alpha value is -1.03. The number of aryl methyl sites for hydroxylation is 1. The summed E-state index contributed by atoms with van der Waals surface area (Å²) in [5, 5.41) is 15.1. The maximum atomic E-state index is 10.9. The molecule has 0 amide bonds. The van der Waals surface area contributed by atoms with Crippen LogP contribution >= 0.6 is 0 Å². The predicted molar refractivity (Wildman–Crippen MR) is 65.9 cm³/mol. The number of hydrogen-bond donors (Lipinski definition) is 1. The van der Waals surface area contributed by atoms with Crippen LogP contribution in [0.2, 0.25) is 0 Å². The van der Waals surface area contributed by atoms with E-state index in [0.717, 1.165) is 31.4 Å². The molecule has 0 radical (unpaired) electrons. The van der Waals surface area contributed by atoms with E-state index in [1.54, 1.807) is 18.0 Å². The van der Waals surface area contributed by atoms with Crippen LogP contribution in [0.15, 0.2) is 6.20 Å². The first kappa shape index (κ1) is 12.4. The van der Waals surface area contributed by atoms with Crippen molar-refractivity contribution in [2.75, 3.05) is 7.11 Å². The molecule has 0 aromatic carbocycles. The van der Waals surface area contributed by atoms with Gasteiger partial charge in [0.1, 0.15) is 11.3 Å². The van der Waals surface area contributed by atoms with E-state index >= 15 is 0 Å². The van der Waals surface area contributed by atoms with E-state index in [1.165, 1.54) is 6.42 Å². The third-order valence-corrected chi connectivity index (χ3v) is 3.90. The molecule has 0 aliphatic heterocycles. The normalized spacial score (nSPS) is 30.0. The second-order valence-corrected chi connectivity index (χ2v) is 5.25. The van der Waals surface area contributed by atoms with E-state index < -0.39 is 5.60 Å². The molecule has 4 nitrogen and oxygen atoms in total. The van der Waals surface area contributed by atoms with Crippen molar-refractivity contribution in [2.24, 2.45) is 13.0 Å². The summed E-state index contributed by atoms with van der Waals surface area (Å²) in [6, 6.07) is 0. The molecule has 1 N–H and O–H groups in total. The first-order chi connectivity index (χ1) is 8.07. The first-order valence-corrected chi connectivity index (χ1v) is 6.35. The zero-order valence-corrected chi connectivity index (χ0v) is 10.9. The number of aromatic nitrogens is 2. The fourth-order valence-corrected chi connectivity index (χ4v) is 2.83. The largest absolute Gasteiger partial charge is 0.493 e. The maximum Gasteiger partial charge on any atom is 0.162 e. The summed E-state index contributed by atoms with van der Waals surface area (Å²) in [6.07, 6.45) is 6.60. The third-order valence-electron chi connectivity index (χ3n) is 3.90. The molecule has 0 spiro atoms. The SMILES string of the molecule is COc1cnn(C)c1C1(O)CCCC(C)CC1. The van der Waals surface area contributed by atoms with Gasteiger partial charge in [-0.05, 0) is 31.6 Å². The Morgan fingerprint density at radius 1 is 1.47 bits per heavy atom. The lowest BCUT2D eigenvalue weighted by atomic mass is 9.90. The zero-order chi connectivity index (χ0) is 12.5. The second kappa shape index (κ2) is 4.69. The van der Waals surface area contributed by atoms with E-state index in [1.807, 2.05) is 7.05 Å². The van der Waals surface area contributed by atoms with Gasteiger partial charge in [0.05, 0.1) is 13.3 Å². The van der Waals surface area contributed by atoms with Crippen molar-refractivity contribution in [1.82, 2.24) is 9.78 Å². The van der Waals surface area contributed by atoms with Crippen LogP contribution in [0.25, 0.3) is 0 Å². The van der Waals surface area contributed by atoms with Crippen LogP contribution in [0.4, 0.5) is 0 Å². The Bertz CT molecular complexity index is 389. The minimum Gasteiger partial charge on any atom is -0.493 e. The molecule has 2 atom stereocenters. The lowest BCUT2D eigenvalue weighted by Crippen LogP contribution is -2.28. The summed E-state index contributed by atoms with van der Waals surface area (Å²) in [6.45, 7) is 2.26. The van der Waals surface area contributed by atoms with Crippen LogP contribution in [-0.2, 0) is 12.6 Å². The molecule has 1 fully saturated rings. The fraction of sp³-hybridized carbons (Fsp3) is 0.769. The zero-order valence-electron chi connectivity index (χ0n) is 10.9. The van der Waals surface area contributed by atoms with Crippen molar-refractivity contribution < 1.29 is 9.84 Å². The number of aliphatic hydroxyl groups is 1. The van der Waals surface area contributed by atoms with Crippen LogP contribution in [0.5, 0.6) is 5.75 Å². The molecule has 0 bridgehead atoms. The van der Waals surface area contributed by atoms with Crippen LogP contribution < -0.4 is 4.74 Å². The van der Waals surface area contributed by atoms with Gasteiger partial charge in [-0.2, -0.15) is 5.10 Å². The summed E-state index contributed by atoms with van der Waals surface area (Å²) in [5.74, 6) is 1.40. The topological polar surface area (TPSA) is 47.3 Å². The highest BCUT2D eigenvalue weighted by molar-refractivity contribution is 5.30. The standard InChI is InChI=1S/C13H22N2O2/c1-10-5-4-7-13(16,8-6-10)12-11(17-3)9-14-15(12)2/h9-10,16H,4-8H2,1-3H3. The van der Waals surface area contributed by atoms with E-state index in [2.05, 4.69) is 12.0 Å². The van der Waals surface area contributed by atoms with Gasteiger partial charge in [0.15, 0.2) is 5.75 Å². The highest BCUT2D eigenvalue weighted by atomic mass is 16.5. The Morgan fingerprint density at radius 2 is 2.24 bits per heavy atom. The summed E-state index contributed by atoms with van der Waals surface area (Å²) in [4.78, 5) is 0. The third kappa shape index (κ3) is 2.32. The van der Waals surface area contributed by atoms with Crippen LogP contribution in [0, 0.1) is 5.92 Å². The average Bonchev–Trinajstić information content (AvgIpc) is 2.59. The molecule has 1 aliphatic rings. The molecule has 1 heterocycles. The van der Waals surface area contributed by atoms with Crippen LogP contribution in [0.3, 0.4) is 0 Å². The Labute approximate surface area is 103 Å². The van der Waals surface area contributed by atoms with Gasteiger partial charge < -0.3 is 9.84 Å². The molecule has 2 rings (SSSR count). The molecule has 1 aliphatic carbocycles. The Morgan fingerprint density at radius 3 is 2.94 bits per heavy atom. The number of hydrogen-bond acceptors (Lipinski definition) is 3. The number of rotatable bonds is 2. The van der Waals surface area contributed by atoms with Gasteiger partial charge in [-0.15, -0.1) is 0 Å². The lowest BCUT2D eigenvalue weighted by molar-refractivity contribution is 0.00975. The predicted octanol–water partition coefficient (Wildman–Crippen LogP) is 2.22. The second-order valence-electron chi connectivity index (χ2n) is 5.25. The quantitative estimate of drug-likeness (QED) is 0.804. The lowest BCUT2D eigenvalue weighted by Gasteiger charge is -2.27. The van der Waals surface area contributed by atoms with E-state index in [4.69, 9.17) is 4.74 Å². The van der Waals surface area contributed by atoms with Gasteiger partial charge in [0, 0.05) is 7.05 Å². The summed E-state index contributed by atoms with van der Waals surface area (Å²) >= 11 is 0. The Kier molecular flexibility index (Phi) is 3.43. The van der Waals surface area contributed by atoms with Crippen molar-refractivity contribution in [3.05, 3.63) is 11.9 Å². The number of methoxy groups -OCH3 is 1. The summed E-state index contributed by atoms with van der Waals surface area (Å²) in [7, 11) is 3.49. The molecule has 4 heteroatoms. The minimum absolute atomic E-state index is 0.697. The monoisotopic (exact) mass is 238 g/mol. The van der Waals surface area contributed by atoms with Crippen molar-refractivity contribution >= 4 is 0 Å². The van der Waals surface area contributed by atoms with Crippen LogP contribution in [-0.4, -0.2) is 22.0 Å². The van der Waals surface area contributed by atoms with E-state index in [0.29, 0.717) is 11.7 Å². The van der Waals surface area contributed by atoms with Gasteiger partial charge in [-0.3, -0.25) is 4.68 Å². The highest BCUT2D eigenvalue weighted by Crippen LogP contribution is 2.41. The smallest absolute Gasteiger partial charge is 0.162 e. The maximum absolute atomic E-state index is 10.9. The van der Waals surface area contributed by atoms with Gasteiger partial charge in [-0.25, -0.2) is 0 Å². The molecule has 2 unspecified atom stereocenters. The molecular formula is C13H22N2O2. The Balaban J connectivity index is 2.32. The van der Waals surface area contributed by atoms with Gasteiger partial charge >= 0.3 is 0 Å². The number of nitrogens with zero attached hydrogens (tertiary/aromatic N) is 2. The summed E-state index contributed by atoms with van der Waals surface area (Å²) in [5.41, 5.74) is 0.0514. The van der Waals surface area contributed by atoms with E-state index in [-0.39, 0.29) is 0 Å². The molecule has 1 aromatic rings. The summed E-state index contributed by atoms with van der Waals surface area (Å²) < 4.78 is 7.05. The van der Waals surface area contributed by atoms with Gasteiger partial charge in [0.25, 0.3) is 0 Å². The van der Waals surface area contributed by atoms with Crippen molar-refractivity contribution in [3.8, 4) is 5.75 Å². The van der Waals surface area contributed by atoms with Crippen molar-refractivity contribution in [2.45, 2.75) is 44.6 Å². The van der Waals surface area contributed by atoms with Crippen molar-refractivity contribution in [3.63, 3.8) is 0 Å². The molecule has 1 saturated carbocycles. The minimum atomic E-state index is -0.776. The molecule has 96 valence electrons. The molecule has 1 aromatic heterocycles. The molecular weight excluding hydrogens is 216 g/mol. The van der Waals surface area contributed by atoms with Gasteiger partial charge in [0.2, 0.25) is 0 Å². The van der Waals surface area contributed by atoms with Crippen molar-refractivity contribution in [1.29, 1.82) is 0 Å². The van der Waals surface area contributed by atoms with Crippen LogP contribution in [0.1, 0.15) is 44.7 Å². The highest BCUT2D eigenvalue weighted by Gasteiger charge is 2.37. The number of ether oxygens (including phenoxy) is 1. The average molecular weight is 238 g/mol. The molecule has 0 saturated heterocycles. The fourth-order valence-electron chi connectivity index (χ4n) is 2.83. The van der Waals surface area contributed by atoms with E-state index in [9.17, 15) is 5.11 Å².